The minimum absolute atomic E-state index is 0.0237. The fourth-order valence-corrected chi connectivity index (χ4v) is 2.80. The number of carbonyl (C=O) groups excluding carboxylic acids is 2. The van der Waals surface area contributed by atoms with Crippen LogP contribution in [0, 0.1) is 0 Å². The lowest BCUT2D eigenvalue weighted by Crippen LogP contribution is -2.35. The van der Waals surface area contributed by atoms with Gasteiger partial charge in [-0.2, -0.15) is 0 Å². The number of amides is 2. The number of rotatable bonds is 7. The van der Waals surface area contributed by atoms with Gasteiger partial charge in [0.2, 0.25) is 5.91 Å². The Labute approximate surface area is 160 Å². The van der Waals surface area contributed by atoms with Crippen molar-refractivity contribution in [1.29, 1.82) is 0 Å². The number of nitrogens with zero attached hydrogens (tertiary/aromatic N) is 1. The molecule has 2 aromatic rings. The van der Waals surface area contributed by atoms with Gasteiger partial charge in [0.25, 0.3) is 5.91 Å². The maximum absolute atomic E-state index is 12.6. The Morgan fingerprint density at radius 2 is 1.74 bits per heavy atom. The van der Waals surface area contributed by atoms with E-state index in [2.05, 4.69) is 5.32 Å². The first-order valence-electron chi connectivity index (χ1n) is 9.46. The van der Waals surface area contributed by atoms with E-state index in [9.17, 15) is 9.59 Å². The molecule has 2 aromatic carbocycles. The van der Waals surface area contributed by atoms with Crippen LogP contribution in [0.2, 0.25) is 0 Å². The van der Waals surface area contributed by atoms with Gasteiger partial charge >= 0.3 is 0 Å². The monoisotopic (exact) mass is 362 g/mol. The van der Waals surface area contributed by atoms with Crippen molar-refractivity contribution in [3.63, 3.8) is 0 Å². The average Bonchev–Trinajstić information content (AvgIpc) is 3.49. The topological polar surface area (TPSA) is 49.4 Å². The van der Waals surface area contributed by atoms with Crippen molar-refractivity contribution in [2.75, 3.05) is 0 Å². The second-order valence-electron chi connectivity index (χ2n) is 7.25. The standard InChI is InChI=1S/C23H26N2O2/c1-17(2)25(16-19-6-4-3-5-7-19)22(26)15-10-18-8-11-20(12-9-18)23(27)24-21-13-14-21/h3-12,15,17,21H,13-14,16H2,1-2H3,(H,24,27)/b15-10+. The molecular weight excluding hydrogens is 336 g/mol. The first-order chi connectivity index (χ1) is 13.0. The second kappa shape index (κ2) is 8.67. The predicted molar refractivity (Wildman–Crippen MR) is 108 cm³/mol. The Morgan fingerprint density at radius 3 is 2.33 bits per heavy atom. The molecule has 0 unspecified atom stereocenters. The summed E-state index contributed by atoms with van der Waals surface area (Å²) in [7, 11) is 0. The molecule has 27 heavy (non-hydrogen) atoms. The third kappa shape index (κ3) is 5.55. The van der Waals surface area contributed by atoms with Gasteiger partial charge < -0.3 is 10.2 Å². The Hall–Kier alpha value is -2.88. The molecule has 2 amide bonds. The fraction of sp³-hybridized carbons (Fsp3) is 0.304. The maximum Gasteiger partial charge on any atom is 0.251 e. The van der Waals surface area contributed by atoms with E-state index in [1.165, 1.54) is 0 Å². The van der Waals surface area contributed by atoms with Gasteiger partial charge in [-0.15, -0.1) is 0 Å². The number of hydrogen-bond donors (Lipinski definition) is 1. The summed E-state index contributed by atoms with van der Waals surface area (Å²) in [5.74, 6) is -0.0534. The molecular formula is C23H26N2O2. The molecule has 1 saturated carbocycles. The Kier molecular flexibility index (Phi) is 6.07. The highest BCUT2D eigenvalue weighted by molar-refractivity contribution is 5.95. The molecule has 0 aliphatic heterocycles. The second-order valence-corrected chi connectivity index (χ2v) is 7.25. The van der Waals surface area contributed by atoms with Crippen LogP contribution in [0.3, 0.4) is 0 Å². The van der Waals surface area contributed by atoms with Crippen LogP contribution >= 0.6 is 0 Å². The molecule has 4 nitrogen and oxygen atoms in total. The summed E-state index contributed by atoms with van der Waals surface area (Å²) >= 11 is 0. The molecule has 0 heterocycles. The highest BCUT2D eigenvalue weighted by Gasteiger charge is 2.23. The van der Waals surface area contributed by atoms with Gasteiger partial charge in [-0.3, -0.25) is 9.59 Å². The predicted octanol–water partition coefficient (Wildman–Crippen LogP) is 4.03. The molecule has 0 atom stereocenters. The van der Waals surface area contributed by atoms with E-state index in [4.69, 9.17) is 0 Å². The summed E-state index contributed by atoms with van der Waals surface area (Å²) in [4.78, 5) is 26.5. The molecule has 4 heteroatoms. The third-order valence-electron chi connectivity index (χ3n) is 4.61. The van der Waals surface area contributed by atoms with Crippen molar-refractivity contribution >= 4 is 17.9 Å². The Balaban J connectivity index is 1.62. The lowest BCUT2D eigenvalue weighted by Gasteiger charge is -2.25. The highest BCUT2D eigenvalue weighted by atomic mass is 16.2. The van der Waals surface area contributed by atoms with E-state index in [0.717, 1.165) is 24.0 Å². The van der Waals surface area contributed by atoms with Gasteiger partial charge in [0, 0.05) is 30.3 Å². The summed E-state index contributed by atoms with van der Waals surface area (Å²) < 4.78 is 0. The minimum atomic E-state index is -0.0297. The van der Waals surface area contributed by atoms with Crippen LogP contribution in [0.5, 0.6) is 0 Å². The number of carbonyl (C=O) groups is 2. The molecule has 0 aromatic heterocycles. The number of benzene rings is 2. The van der Waals surface area contributed by atoms with E-state index in [0.29, 0.717) is 18.2 Å². The Bertz CT molecular complexity index is 806. The molecule has 0 saturated heterocycles. The van der Waals surface area contributed by atoms with Crippen LogP contribution in [-0.2, 0) is 11.3 Å². The lowest BCUT2D eigenvalue weighted by atomic mass is 10.1. The first-order valence-corrected chi connectivity index (χ1v) is 9.46. The van der Waals surface area contributed by atoms with E-state index in [1.807, 2.05) is 61.2 Å². The maximum atomic E-state index is 12.6. The highest BCUT2D eigenvalue weighted by Crippen LogP contribution is 2.19. The van der Waals surface area contributed by atoms with Gasteiger partial charge in [-0.25, -0.2) is 0 Å². The zero-order valence-corrected chi connectivity index (χ0v) is 15.9. The lowest BCUT2D eigenvalue weighted by molar-refractivity contribution is -0.128. The summed E-state index contributed by atoms with van der Waals surface area (Å²) in [6, 6.07) is 17.8. The van der Waals surface area contributed by atoms with E-state index in [-0.39, 0.29) is 17.9 Å². The number of nitrogens with one attached hydrogen (secondary N) is 1. The molecule has 1 aliphatic carbocycles. The largest absolute Gasteiger partial charge is 0.349 e. The first kappa shape index (κ1) is 18.9. The van der Waals surface area contributed by atoms with Crippen LogP contribution in [0.15, 0.2) is 60.7 Å². The van der Waals surface area contributed by atoms with Gasteiger partial charge in [0.05, 0.1) is 0 Å². The Morgan fingerprint density at radius 1 is 1.07 bits per heavy atom. The summed E-state index contributed by atoms with van der Waals surface area (Å²) in [6.07, 6.45) is 5.54. The van der Waals surface area contributed by atoms with Crippen LogP contribution in [0.1, 0.15) is 48.2 Å². The average molecular weight is 362 g/mol. The van der Waals surface area contributed by atoms with Crippen molar-refractivity contribution in [2.24, 2.45) is 0 Å². The van der Waals surface area contributed by atoms with E-state index in [1.54, 1.807) is 24.3 Å². The van der Waals surface area contributed by atoms with Crippen molar-refractivity contribution in [1.82, 2.24) is 10.2 Å². The van der Waals surface area contributed by atoms with E-state index < -0.39 is 0 Å². The zero-order chi connectivity index (χ0) is 19.2. The molecule has 0 spiro atoms. The van der Waals surface area contributed by atoms with Crippen LogP contribution in [0.4, 0.5) is 0 Å². The van der Waals surface area contributed by atoms with Crippen molar-refractivity contribution < 1.29 is 9.59 Å². The molecule has 140 valence electrons. The summed E-state index contributed by atoms with van der Waals surface area (Å²) in [5.41, 5.74) is 2.66. The van der Waals surface area contributed by atoms with Crippen molar-refractivity contribution in [3.8, 4) is 0 Å². The van der Waals surface area contributed by atoms with Crippen LogP contribution in [0.25, 0.3) is 6.08 Å². The SMILES string of the molecule is CC(C)N(Cc1ccccc1)C(=O)/C=C/c1ccc(C(=O)NC2CC2)cc1. The normalized spacial score (nSPS) is 13.7. The quantitative estimate of drug-likeness (QED) is 0.756. The smallest absolute Gasteiger partial charge is 0.251 e. The molecule has 1 N–H and O–H groups in total. The number of hydrogen-bond acceptors (Lipinski definition) is 2. The minimum Gasteiger partial charge on any atom is -0.349 e. The molecule has 0 radical (unpaired) electrons. The van der Waals surface area contributed by atoms with Gasteiger partial charge in [0.15, 0.2) is 0 Å². The summed E-state index contributed by atoms with van der Waals surface area (Å²) in [6.45, 7) is 4.62. The van der Waals surface area contributed by atoms with E-state index >= 15 is 0 Å². The summed E-state index contributed by atoms with van der Waals surface area (Å²) in [5, 5.41) is 2.97. The van der Waals surface area contributed by atoms with Crippen molar-refractivity contribution in [2.45, 2.75) is 45.3 Å². The molecule has 3 rings (SSSR count). The molecule has 1 aliphatic rings. The van der Waals surface area contributed by atoms with Crippen LogP contribution < -0.4 is 5.32 Å². The van der Waals surface area contributed by atoms with Crippen LogP contribution in [-0.4, -0.2) is 28.8 Å². The molecule has 1 fully saturated rings. The zero-order valence-electron chi connectivity index (χ0n) is 15.9. The van der Waals surface area contributed by atoms with Gasteiger partial charge in [-0.1, -0.05) is 42.5 Å². The third-order valence-corrected chi connectivity index (χ3v) is 4.61. The van der Waals surface area contributed by atoms with Gasteiger partial charge in [0.1, 0.15) is 0 Å². The fourth-order valence-electron chi connectivity index (χ4n) is 2.80. The van der Waals surface area contributed by atoms with Crippen molar-refractivity contribution in [3.05, 3.63) is 77.4 Å². The van der Waals surface area contributed by atoms with Gasteiger partial charge in [-0.05, 0) is 56.0 Å². The molecule has 0 bridgehead atoms.